The SMILES string of the molecule is Cc1cnc(CNC(=O)N2CCC(c3cncn3C)CC2)c(C)c1. The third-order valence-electron chi connectivity index (χ3n) is 4.78. The van der Waals surface area contributed by atoms with Gasteiger partial charge in [0.15, 0.2) is 0 Å². The number of amides is 2. The Hall–Kier alpha value is -2.37. The summed E-state index contributed by atoms with van der Waals surface area (Å²) in [5, 5.41) is 3.00. The molecule has 2 amide bonds. The number of nitrogens with zero attached hydrogens (tertiary/aromatic N) is 4. The van der Waals surface area contributed by atoms with Crippen LogP contribution in [0.25, 0.3) is 0 Å². The van der Waals surface area contributed by atoms with Crippen molar-refractivity contribution in [1.29, 1.82) is 0 Å². The molecule has 2 aromatic rings. The first-order valence-corrected chi connectivity index (χ1v) is 8.45. The van der Waals surface area contributed by atoms with Crippen LogP contribution in [0.4, 0.5) is 4.79 Å². The molecule has 6 nitrogen and oxygen atoms in total. The first-order valence-electron chi connectivity index (χ1n) is 8.45. The van der Waals surface area contributed by atoms with Crippen molar-refractivity contribution in [2.24, 2.45) is 7.05 Å². The lowest BCUT2D eigenvalue weighted by Gasteiger charge is -2.32. The average Bonchev–Trinajstić information content (AvgIpc) is 3.00. The maximum atomic E-state index is 12.4. The number of aryl methyl sites for hydroxylation is 3. The lowest BCUT2D eigenvalue weighted by atomic mass is 9.94. The fourth-order valence-electron chi connectivity index (χ4n) is 3.34. The highest BCUT2D eigenvalue weighted by Crippen LogP contribution is 2.27. The molecule has 0 spiro atoms. The number of carbonyl (C=O) groups is 1. The van der Waals surface area contributed by atoms with Gasteiger partial charge in [-0.1, -0.05) is 6.07 Å². The Balaban J connectivity index is 1.51. The number of aromatic nitrogens is 3. The van der Waals surface area contributed by atoms with Crippen molar-refractivity contribution in [3.05, 3.63) is 47.3 Å². The summed E-state index contributed by atoms with van der Waals surface area (Å²) in [6.45, 7) is 6.09. The van der Waals surface area contributed by atoms with E-state index in [0.29, 0.717) is 12.5 Å². The second kappa shape index (κ2) is 7.03. The highest BCUT2D eigenvalue weighted by atomic mass is 16.2. The minimum Gasteiger partial charge on any atom is -0.337 e. The molecular weight excluding hydrogens is 302 g/mol. The Morgan fingerprint density at radius 2 is 2.04 bits per heavy atom. The Morgan fingerprint density at radius 1 is 1.29 bits per heavy atom. The van der Waals surface area contributed by atoms with Crippen LogP contribution in [-0.2, 0) is 13.6 Å². The highest BCUT2D eigenvalue weighted by molar-refractivity contribution is 5.74. The number of piperidine rings is 1. The molecule has 6 heteroatoms. The smallest absolute Gasteiger partial charge is 0.317 e. The van der Waals surface area contributed by atoms with E-state index in [2.05, 4.69) is 25.9 Å². The third kappa shape index (κ3) is 3.58. The van der Waals surface area contributed by atoms with Crippen LogP contribution >= 0.6 is 0 Å². The summed E-state index contributed by atoms with van der Waals surface area (Å²) in [4.78, 5) is 22.9. The summed E-state index contributed by atoms with van der Waals surface area (Å²) in [7, 11) is 2.03. The zero-order valence-electron chi connectivity index (χ0n) is 14.6. The predicted octanol–water partition coefficient (Wildman–Crippen LogP) is 2.52. The maximum Gasteiger partial charge on any atom is 0.317 e. The monoisotopic (exact) mass is 327 g/mol. The van der Waals surface area contributed by atoms with Gasteiger partial charge in [-0.2, -0.15) is 0 Å². The molecule has 1 aliphatic heterocycles. The number of urea groups is 1. The molecule has 3 rings (SSSR count). The summed E-state index contributed by atoms with van der Waals surface area (Å²) in [6.07, 6.45) is 7.58. The zero-order chi connectivity index (χ0) is 17.1. The molecule has 0 aliphatic carbocycles. The maximum absolute atomic E-state index is 12.4. The molecular formula is C18H25N5O. The number of pyridine rings is 1. The molecule has 0 saturated carbocycles. The molecule has 1 aliphatic rings. The summed E-state index contributed by atoms with van der Waals surface area (Å²) in [5.74, 6) is 0.488. The molecule has 128 valence electrons. The van der Waals surface area contributed by atoms with Crippen LogP contribution in [0.5, 0.6) is 0 Å². The van der Waals surface area contributed by atoms with Gasteiger partial charge in [0.2, 0.25) is 0 Å². The van der Waals surface area contributed by atoms with Gasteiger partial charge in [-0.05, 0) is 37.8 Å². The quantitative estimate of drug-likeness (QED) is 0.942. The fraction of sp³-hybridized carbons (Fsp3) is 0.500. The van der Waals surface area contributed by atoms with Crippen molar-refractivity contribution >= 4 is 6.03 Å². The van der Waals surface area contributed by atoms with Gasteiger partial charge >= 0.3 is 6.03 Å². The van der Waals surface area contributed by atoms with Crippen LogP contribution in [0, 0.1) is 13.8 Å². The summed E-state index contributed by atoms with van der Waals surface area (Å²) in [5.41, 5.74) is 4.44. The summed E-state index contributed by atoms with van der Waals surface area (Å²) in [6, 6.07) is 2.09. The number of carbonyl (C=O) groups excluding carboxylic acids is 1. The van der Waals surface area contributed by atoms with Gasteiger partial charge in [-0.25, -0.2) is 9.78 Å². The van der Waals surface area contributed by atoms with Crippen LogP contribution in [0.15, 0.2) is 24.8 Å². The van der Waals surface area contributed by atoms with Crippen LogP contribution in [0.3, 0.4) is 0 Å². The molecule has 1 fully saturated rings. The molecule has 1 saturated heterocycles. The lowest BCUT2D eigenvalue weighted by Crippen LogP contribution is -2.44. The molecule has 1 N–H and O–H groups in total. The second-order valence-corrected chi connectivity index (χ2v) is 6.63. The number of hydrogen-bond acceptors (Lipinski definition) is 3. The molecule has 3 heterocycles. The van der Waals surface area contributed by atoms with E-state index >= 15 is 0 Å². The fourth-order valence-corrected chi connectivity index (χ4v) is 3.34. The van der Waals surface area contributed by atoms with Gasteiger partial charge in [-0.15, -0.1) is 0 Å². The molecule has 0 unspecified atom stereocenters. The minimum atomic E-state index is 0.000214. The summed E-state index contributed by atoms with van der Waals surface area (Å²) < 4.78 is 2.08. The Labute approximate surface area is 142 Å². The van der Waals surface area contributed by atoms with Gasteiger partial charge in [0.1, 0.15) is 0 Å². The van der Waals surface area contributed by atoms with Gasteiger partial charge in [-0.3, -0.25) is 4.98 Å². The van der Waals surface area contributed by atoms with E-state index in [-0.39, 0.29) is 6.03 Å². The van der Waals surface area contributed by atoms with Gasteiger partial charge in [0.25, 0.3) is 0 Å². The normalized spacial score (nSPS) is 15.5. The van der Waals surface area contributed by atoms with Gasteiger partial charge in [0, 0.05) is 44.1 Å². The topological polar surface area (TPSA) is 63.1 Å². The van der Waals surface area contributed by atoms with E-state index in [1.807, 2.05) is 44.5 Å². The number of nitrogens with one attached hydrogen (secondary N) is 1. The van der Waals surface area contributed by atoms with Crippen molar-refractivity contribution in [2.75, 3.05) is 13.1 Å². The van der Waals surface area contributed by atoms with Crippen LogP contribution in [-0.4, -0.2) is 38.6 Å². The summed E-state index contributed by atoms with van der Waals surface area (Å²) >= 11 is 0. The van der Waals surface area contributed by atoms with Crippen molar-refractivity contribution in [1.82, 2.24) is 24.8 Å². The Bertz CT molecular complexity index is 716. The number of rotatable bonds is 3. The predicted molar refractivity (Wildman–Crippen MR) is 92.7 cm³/mol. The second-order valence-electron chi connectivity index (χ2n) is 6.63. The van der Waals surface area contributed by atoms with E-state index in [9.17, 15) is 4.79 Å². The average molecular weight is 327 g/mol. The minimum absolute atomic E-state index is 0.000214. The van der Waals surface area contributed by atoms with Crippen molar-refractivity contribution in [2.45, 2.75) is 39.2 Å². The lowest BCUT2D eigenvalue weighted by molar-refractivity contribution is 0.180. The first kappa shape index (κ1) is 16.5. The standard InChI is InChI=1S/C18H25N5O/c1-13-8-14(2)16(20-9-13)10-21-18(24)23-6-4-15(5-7-23)17-11-19-12-22(17)3/h8-9,11-12,15H,4-7,10H2,1-3H3,(H,21,24). The Morgan fingerprint density at radius 3 is 2.67 bits per heavy atom. The number of imidazole rings is 1. The molecule has 0 radical (unpaired) electrons. The van der Waals surface area contributed by atoms with Crippen LogP contribution in [0.1, 0.15) is 41.3 Å². The molecule has 2 aromatic heterocycles. The molecule has 0 aromatic carbocycles. The zero-order valence-corrected chi connectivity index (χ0v) is 14.6. The van der Waals surface area contributed by atoms with E-state index in [0.717, 1.165) is 42.8 Å². The Kier molecular flexibility index (Phi) is 4.83. The number of likely N-dealkylation sites (tertiary alicyclic amines) is 1. The van der Waals surface area contributed by atoms with Crippen LogP contribution in [0.2, 0.25) is 0 Å². The van der Waals surface area contributed by atoms with Crippen LogP contribution < -0.4 is 5.32 Å². The largest absolute Gasteiger partial charge is 0.337 e. The van der Waals surface area contributed by atoms with Gasteiger partial charge in [0.05, 0.1) is 18.6 Å². The van der Waals surface area contributed by atoms with Crippen molar-refractivity contribution in [3.63, 3.8) is 0 Å². The highest BCUT2D eigenvalue weighted by Gasteiger charge is 2.25. The van der Waals surface area contributed by atoms with Crippen molar-refractivity contribution < 1.29 is 4.79 Å². The van der Waals surface area contributed by atoms with Gasteiger partial charge < -0.3 is 14.8 Å². The van der Waals surface area contributed by atoms with E-state index in [4.69, 9.17) is 0 Å². The van der Waals surface area contributed by atoms with E-state index in [1.54, 1.807) is 0 Å². The van der Waals surface area contributed by atoms with E-state index in [1.165, 1.54) is 5.69 Å². The third-order valence-corrected chi connectivity index (χ3v) is 4.78. The number of hydrogen-bond donors (Lipinski definition) is 1. The van der Waals surface area contributed by atoms with E-state index < -0.39 is 0 Å². The molecule has 0 atom stereocenters. The first-order chi connectivity index (χ1) is 11.5. The molecule has 0 bridgehead atoms. The molecule has 24 heavy (non-hydrogen) atoms. The van der Waals surface area contributed by atoms with Crippen molar-refractivity contribution in [3.8, 4) is 0 Å².